The monoisotopic (exact) mass is 221 g/mol. The molecule has 0 unspecified atom stereocenters. The topological polar surface area (TPSA) is 33.1 Å². The van der Waals surface area contributed by atoms with Crippen molar-refractivity contribution in [2.75, 3.05) is 0 Å². The van der Waals surface area contributed by atoms with Gasteiger partial charge in [-0.15, -0.1) is 0 Å². The van der Waals surface area contributed by atoms with E-state index in [1.165, 1.54) is 6.20 Å². The molecule has 1 aromatic rings. The van der Waals surface area contributed by atoms with E-state index < -0.39 is 0 Å². The second kappa shape index (κ2) is 3.32. The third kappa shape index (κ3) is 1.48. The molecule has 0 fully saturated rings. The van der Waals surface area contributed by atoms with Crippen LogP contribution < -0.4 is 0 Å². The maximum Gasteiger partial charge on any atom is 0.0734 e. The van der Waals surface area contributed by atoms with Crippen LogP contribution in [-0.2, 0) is 6.61 Å². The van der Waals surface area contributed by atoms with Crippen LogP contribution in [0.3, 0.4) is 0 Å². The summed E-state index contributed by atoms with van der Waals surface area (Å²) in [6, 6.07) is 0. The van der Waals surface area contributed by atoms with Crippen LogP contribution in [-0.4, -0.2) is 10.1 Å². The predicted octanol–water partition coefficient (Wildman–Crippen LogP) is 1.99. The Morgan fingerprint density at radius 3 is 2.80 bits per heavy atom. The highest BCUT2D eigenvalue weighted by Crippen LogP contribution is 2.24. The van der Waals surface area contributed by atoms with Crippen molar-refractivity contribution in [2.45, 2.75) is 6.61 Å². The summed E-state index contributed by atoms with van der Waals surface area (Å²) in [6.07, 6.45) is 3.08. The minimum absolute atomic E-state index is 0.0475. The van der Waals surface area contributed by atoms with E-state index in [4.69, 9.17) is 16.7 Å². The molecule has 0 aromatic carbocycles. The molecule has 1 N–H and O–H groups in total. The van der Waals surface area contributed by atoms with Crippen LogP contribution in [0.1, 0.15) is 5.56 Å². The van der Waals surface area contributed by atoms with Gasteiger partial charge in [-0.25, -0.2) is 0 Å². The minimum Gasteiger partial charge on any atom is -0.392 e. The summed E-state index contributed by atoms with van der Waals surface area (Å²) in [5, 5.41) is 9.23. The van der Waals surface area contributed by atoms with Crippen LogP contribution in [0.5, 0.6) is 0 Å². The fraction of sp³-hybridized carbons (Fsp3) is 0.167. The third-order valence-electron chi connectivity index (χ3n) is 1.08. The maximum absolute atomic E-state index is 8.71. The molecular weight excluding hydrogens is 217 g/mol. The van der Waals surface area contributed by atoms with Crippen LogP contribution in [0.15, 0.2) is 16.9 Å². The first-order valence-corrected chi connectivity index (χ1v) is 3.81. The standard InChI is InChI=1S/C6H5BrClNO/c7-6-4(3-10)1-9-2-5(6)8/h1-2,10H,3H2. The van der Waals surface area contributed by atoms with E-state index in [-0.39, 0.29) is 6.61 Å². The SMILES string of the molecule is OCc1cncc(Cl)c1Br. The van der Waals surface area contributed by atoms with Crippen LogP contribution >= 0.6 is 27.5 Å². The van der Waals surface area contributed by atoms with Crippen LogP contribution in [0.2, 0.25) is 5.02 Å². The van der Waals surface area contributed by atoms with Gasteiger partial charge in [0.2, 0.25) is 0 Å². The highest BCUT2D eigenvalue weighted by atomic mass is 79.9. The zero-order valence-electron chi connectivity index (χ0n) is 5.01. The second-order valence-electron chi connectivity index (χ2n) is 1.75. The Morgan fingerprint density at radius 1 is 1.60 bits per heavy atom. The Morgan fingerprint density at radius 2 is 2.30 bits per heavy atom. The molecule has 1 aromatic heterocycles. The molecule has 2 nitrogen and oxygen atoms in total. The first-order chi connectivity index (χ1) is 4.75. The van der Waals surface area contributed by atoms with Crippen molar-refractivity contribution in [1.29, 1.82) is 0 Å². The molecular formula is C6H5BrClNO. The molecule has 0 saturated carbocycles. The largest absolute Gasteiger partial charge is 0.392 e. The van der Waals surface area contributed by atoms with E-state index in [9.17, 15) is 0 Å². The molecule has 0 aliphatic heterocycles. The van der Waals surface area contributed by atoms with Crippen LogP contribution in [0, 0.1) is 0 Å². The lowest BCUT2D eigenvalue weighted by atomic mass is 10.3. The van der Waals surface area contributed by atoms with Crippen molar-refractivity contribution in [1.82, 2.24) is 4.98 Å². The van der Waals surface area contributed by atoms with Gasteiger partial charge in [-0.1, -0.05) is 11.6 Å². The summed E-state index contributed by atoms with van der Waals surface area (Å²) < 4.78 is 0.715. The number of aromatic nitrogens is 1. The molecule has 1 heterocycles. The minimum atomic E-state index is -0.0475. The van der Waals surface area contributed by atoms with Crippen molar-refractivity contribution >= 4 is 27.5 Å². The van der Waals surface area contributed by atoms with Crippen molar-refractivity contribution in [3.63, 3.8) is 0 Å². The fourth-order valence-corrected chi connectivity index (χ4v) is 1.08. The third-order valence-corrected chi connectivity index (χ3v) is 2.53. The van der Waals surface area contributed by atoms with Crippen molar-refractivity contribution in [2.24, 2.45) is 0 Å². The van der Waals surface area contributed by atoms with Gasteiger partial charge in [0.05, 0.1) is 11.6 Å². The van der Waals surface area contributed by atoms with Gasteiger partial charge in [0.25, 0.3) is 0 Å². The second-order valence-corrected chi connectivity index (χ2v) is 2.95. The van der Waals surface area contributed by atoms with Crippen LogP contribution in [0.4, 0.5) is 0 Å². The zero-order chi connectivity index (χ0) is 7.56. The van der Waals surface area contributed by atoms with E-state index in [0.29, 0.717) is 15.1 Å². The summed E-state index contributed by atoms with van der Waals surface area (Å²) in [6.45, 7) is -0.0475. The molecule has 10 heavy (non-hydrogen) atoms. The number of hydrogen-bond acceptors (Lipinski definition) is 2. The van der Waals surface area contributed by atoms with Gasteiger partial charge in [-0.3, -0.25) is 4.98 Å². The molecule has 0 aliphatic rings. The number of halogens is 2. The molecule has 0 aliphatic carbocycles. The average molecular weight is 222 g/mol. The lowest BCUT2D eigenvalue weighted by Crippen LogP contribution is -1.86. The Bertz CT molecular complexity index is 241. The number of aliphatic hydroxyl groups is 1. The molecule has 0 amide bonds. The van der Waals surface area contributed by atoms with Crippen molar-refractivity contribution < 1.29 is 5.11 Å². The molecule has 0 atom stereocenters. The highest BCUT2D eigenvalue weighted by molar-refractivity contribution is 9.10. The number of aliphatic hydroxyl groups excluding tert-OH is 1. The van der Waals surface area contributed by atoms with Gasteiger partial charge in [0.15, 0.2) is 0 Å². The summed E-state index contributed by atoms with van der Waals surface area (Å²) in [7, 11) is 0. The molecule has 0 saturated heterocycles. The molecule has 0 spiro atoms. The van der Waals surface area contributed by atoms with Crippen LogP contribution in [0.25, 0.3) is 0 Å². The quantitative estimate of drug-likeness (QED) is 0.788. The number of nitrogens with zero attached hydrogens (tertiary/aromatic N) is 1. The molecule has 0 radical (unpaired) electrons. The number of rotatable bonds is 1. The fourth-order valence-electron chi connectivity index (χ4n) is 0.570. The average Bonchev–Trinajstić information content (AvgIpc) is 1.95. The molecule has 0 bridgehead atoms. The van der Waals surface area contributed by atoms with Gasteiger partial charge < -0.3 is 5.11 Å². The lowest BCUT2D eigenvalue weighted by molar-refractivity contribution is 0.280. The van der Waals surface area contributed by atoms with Gasteiger partial charge in [0.1, 0.15) is 0 Å². The Balaban J connectivity index is 3.14. The number of hydrogen-bond donors (Lipinski definition) is 1. The van der Waals surface area contributed by atoms with Gasteiger partial charge in [-0.2, -0.15) is 0 Å². The predicted molar refractivity (Wildman–Crippen MR) is 42.9 cm³/mol. The first-order valence-electron chi connectivity index (χ1n) is 2.64. The van der Waals surface area contributed by atoms with E-state index in [2.05, 4.69) is 20.9 Å². The molecule has 4 heteroatoms. The summed E-state index contributed by atoms with van der Waals surface area (Å²) >= 11 is 8.88. The van der Waals surface area contributed by atoms with E-state index in [0.717, 1.165) is 0 Å². The first kappa shape index (κ1) is 7.98. The zero-order valence-corrected chi connectivity index (χ0v) is 7.35. The summed E-state index contributed by atoms with van der Waals surface area (Å²) in [4.78, 5) is 3.79. The van der Waals surface area contributed by atoms with Crippen molar-refractivity contribution in [3.8, 4) is 0 Å². The van der Waals surface area contributed by atoms with E-state index >= 15 is 0 Å². The Hall–Kier alpha value is -0.120. The van der Waals surface area contributed by atoms with Gasteiger partial charge in [0, 0.05) is 22.4 Å². The van der Waals surface area contributed by atoms with Gasteiger partial charge >= 0.3 is 0 Å². The van der Waals surface area contributed by atoms with Crippen molar-refractivity contribution in [3.05, 3.63) is 27.5 Å². The van der Waals surface area contributed by atoms with E-state index in [1.54, 1.807) is 6.20 Å². The molecule has 1 rings (SSSR count). The van der Waals surface area contributed by atoms with E-state index in [1.807, 2.05) is 0 Å². The Kier molecular flexibility index (Phi) is 2.65. The maximum atomic E-state index is 8.71. The number of pyridine rings is 1. The highest BCUT2D eigenvalue weighted by Gasteiger charge is 2.01. The lowest BCUT2D eigenvalue weighted by Gasteiger charge is -1.99. The smallest absolute Gasteiger partial charge is 0.0734 e. The summed E-state index contributed by atoms with van der Waals surface area (Å²) in [5.74, 6) is 0. The summed E-state index contributed by atoms with van der Waals surface area (Å²) in [5.41, 5.74) is 0.701. The normalized spacial score (nSPS) is 9.90. The van der Waals surface area contributed by atoms with Gasteiger partial charge in [-0.05, 0) is 15.9 Å². The Labute approximate surface area is 72.0 Å². The molecule has 54 valence electrons.